The van der Waals surface area contributed by atoms with Crippen molar-refractivity contribution in [2.24, 2.45) is 0 Å². The molecular formula is C20H18Cl2F3NO3. The number of benzene rings is 2. The van der Waals surface area contributed by atoms with E-state index in [4.69, 9.17) is 27.9 Å². The van der Waals surface area contributed by atoms with Crippen LogP contribution in [0.4, 0.5) is 13.2 Å². The molecule has 0 unspecified atom stereocenters. The average Bonchev–Trinajstić information content (AvgIpc) is 2.65. The molecule has 3 rings (SSSR count). The van der Waals surface area contributed by atoms with Gasteiger partial charge in [0.1, 0.15) is 5.75 Å². The molecule has 0 N–H and O–H groups in total. The zero-order chi connectivity index (χ0) is 21.0. The Morgan fingerprint density at radius 2 is 1.97 bits per heavy atom. The summed E-state index contributed by atoms with van der Waals surface area (Å²) in [6, 6.07) is 10.4. The van der Waals surface area contributed by atoms with Crippen LogP contribution in [0.25, 0.3) is 0 Å². The number of halogens is 5. The van der Waals surface area contributed by atoms with Crippen LogP contribution in [-0.2, 0) is 11.3 Å². The van der Waals surface area contributed by atoms with Gasteiger partial charge in [0, 0.05) is 18.1 Å². The van der Waals surface area contributed by atoms with Crippen LogP contribution >= 0.6 is 23.2 Å². The first-order valence-corrected chi connectivity index (χ1v) is 9.67. The summed E-state index contributed by atoms with van der Waals surface area (Å²) in [5, 5.41) is 0.732. The van der Waals surface area contributed by atoms with E-state index in [2.05, 4.69) is 4.74 Å². The highest BCUT2D eigenvalue weighted by Crippen LogP contribution is 2.26. The van der Waals surface area contributed by atoms with Gasteiger partial charge in [0.2, 0.25) is 0 Å². The van der Waals surface area contributed by atoms with E-state index in [9.17, 15) is 18.0 Å². The summed E-state index contributed by atoms with van der Waals surface area (Å²) in [5.74, 6) is -0.503. The van der Waals surface area contributed by atoms with Crippen molar-refractivity contribution in [1.29, 1.82) is 0 Å². The molecule has 0 spiro atoms. The molecule has 0 aromatic heterocycles. The molecule has 156 valence electrons. The van der Waals surface area contributed by atoms with Gasteiger partial charge in [-0.1, -0.05) is 35.3 Å². The summed E-state index contributed by atoms with van der Waals surface area (Å²) in [4.78, 5) is 14.4. The van der Waals surface area contributed by atoms with Gasteiger partial charge in [-0.05, 0) is 48.7 Å². The van der Waals surface area contributed by atoms with Crippen molar-refractivity contribution in [2.45, 2.75) is 31.9 Å². The first kappa shape index (κ1) is 21.7. The third kappa shape index (κ3) is 6.26. The molecule has 1 atom stereocenters. The predicted molar refractivity (Wildman–Crippen MR) is 103 cm³/mol. The van der Waals surface area contributed by atoms with Crippen LogP contribution < -0.4 is 4.74 Å². The molecule has 1 heterocycles. The summed E-state index contributed by atoms with van der Waals surface area (Å²) >= 11 is 12.0. The number of hydrogen-bond acceptors (Lipinski definition) is 3. The molecule has 0 radical (unpaired) electrons. The van der Waals surface area contributed by atoms with Crippen LogP contribution in [0, 0.1) is 0 Å². The highest BCUT2D eigenvalue weighted by Gasteiger charge is 2.31. The zero-order valence-corrected chi connectivity index (χ0v) is 16.7. The monoisotopic (exact) mass is 447 g/mol. The Kier molecular flexibility index (Phi) is 6.93. The minimum absolute atomic E-state index is 0.115. The molecular weight excluding hydrogens is 430 g/mol. The molecule has 1 saturated heterocycles. The van der Waals surface area contributed by atoms with Crippen molar-refractivity contribution in [3.8, 4) is 5.75 Å². The molecule has 1 fully saturated rings. The lowest BCUT2D eigenvalue weighted by molar-refractivity contribution is -0.274. The Bertz CT molecular complexity index is 876. The number of likely N-dealkylation sites (tertiary alicyclic amines) is 1. The van der Waals surface area contributed by atoms with E-state index in [0.29, 0.717) is 29.2 Å². The number of carbonyl (C=O) groups excluding carboxylic acids is 1. The topological polar surface area (TPSA) is 38.8 Å². The van der Waals surface area contributed by atoms with Crippen molar-refractivity contribution in [3.05, 3.63) is 63.6 Å². The van der Waals surface area contributed by atoms with Gasteiger partial charge in [-0.2, -0.15) is 0 Å². The van der Waals surface area contributed by atoms with Gasteiger partial charge in [0.15, 0.2) is 0 Å². The molecule has 0 bridgehead atoms. The number of hydrogen-bond donors (Lipinski definition) is 0. The average molecular weight is 448 g/mol. The summed E-state index contributed by atoms with van der Waals surface area (Å²) in [7, 11) is 0. The number of piperidine rings is 1. The van der Waals surface area contributed by atoms with Crippen LogP contribution in [-0.4, -0.2) is 36.4 Å². The highest BCUT2D eigenvalue weighted by molar-refractivity contribution is 6.36. The molecule has 0 saturated carbocycles. The number of nitrogens with zero attached hydrogens (tertiary/aromatic N) is 1. The van der Waals surface area contributed by atoms with Crippen LogP contribution in [0.15, 0.2) is 42.5 Å². The van der Waals surface area contributed by atoms with E-state index in [1.54, 1.807) is 23.1 Å². The van der Waals surface area contributed by atoms with E-state index >= 15 is 0 Å². The maximum absolute atomic E-state index is 12.7. The fourth-order valence-electron chi connectivity index (χ4n) is 3.14. The van der Waals surface area contributed by atoms with Gasteiger partial charge < -0.3 is 14.4 Å². The third-order valence-electron chi connectivity index (χ3n) is 4.44. The van der Waals surface area contributed by atoms with Gasteiger partial charge in [-0.25, -0.2) is 0 Å². The number of carbonyl (C=O) groups is 1. The molecule has 4 nitrogen and oxygen atoms in total. The second-order valence-corrected chi connectivity index (χ2v) is 7.49. The Hall–Kier alpha value is -1.96. The minimum Gasteiger partial charge on any atom is -0.406 e. The lowest BCUT2D eigenvalue weighted by Gasteiger charge is -2.33. The van der Waals surface area contributed by atoms with Crippen LogP contribution in [0.3, 0.4) is 0 Å². The van der Waals surface area contributed by atoms with E-state index in [-0.39, 0.29) is 29.4 Å². The van der Waals surface area contributed by atoms with Crippen LogP contribution in [0.2, 0.25) is 10.0 Å². The second-order valence-electron chi connectivity index (χ2n) is 6.65. The Morgan fingerprint density at radius 1 is 1.17 bits per heavy atom. The first-order valence-electron chi connectivity index (χ1n) is 8.92. The molecule has 9 heteroatoms. The Labute approximate surface area is 176 Å². The smallest absolute Gasteiger partial charge is 0.406 e. The normalized spacial score (nSPS) is 17.3. The number of rotatable bonds is 5. The summed E-state index contributed by atoms with van der Waals surface area (Å²) in [6.07, 6.45) is -3.48. The highest BCUT2D eigenvalue weighted by atomic mass is 35.5. The molecule has 0 aliphatic carbocycles. The van der Waals surface area contributed by atoms with Crippen LogP contribution in [0.5, 0.6) is 5.75 Å². The summed E-state index contributed by atoms with van der Waals surface area (Å²) < 4.78 is 46.8. The van der Waals surface area contributed by atoms with Crippen molar-refractivity contribution in [1.82, 2.24) is 4.90 Å². The van der Waals surface area contributed by atoms with Gasteiger partial charge in [0.25, 0.3) is 5.91 Å². The van der Waals surface area contributed by atoms with E-state index < -0.39 is 6.36 Å². The molecule has 29 heavy (non-hydrogen) atoms. The number of amides is 1. The molecule has 1 aliphatic heterocycles. The second kappa shape index (κ2) is 9.24. The van der Waals surface area contributed by atoms with Gasteiger partial charge in [-0.3, -0.25) is 4.79 Å². The molecule has 2 aromatic rings. The third-order valence-corrected chi connectivity index (χ3v) is 4.99. The molecule has 1 aliphatic rings. The first-order chi connectivity index (χ1) is 13.7. The predicted octanol–water partition coefficient (Wildman–Crippen LogP) is 5.71. The van der Waals surface area contributed by atoms with E-state index in [1.807, 2.05) is 0 Å². The van der Waals surface area contributed by atoms with Gasteiger partial charge in [0.05, 0.1) is 23.3 Å². The van der Waals surface area contributed by atoms with Crippen molar-refractivity contribution < 1.29 is 27.4 Å². The zero-order valence-electron chi connectivity index (χ0n) is 15.2. The standard InChI is InChI=1S/C20H18Cl2F3NO3/c21-14-6-7-17(18(22)10-14)19(27)26-8-2-5-16(11-26)28-12-13-3-1-4-15(9-13)29-20(23,24)25/h1,3-4,6-7,9-10,16H,2,5,8,11-12H2/t16-/m1/s1. The lowest BCUT2D eigenvalue weighted by Crippen LogP contribution is -2.43. The van der Waals surface area contributed by atoms with Crippen molar-refractivity contribution >= 4 is 29.1 Å². The van der Waals surface area contributed by atoms with Crippen molar-refractivity contribution in [2.75, 3.05) is 13.1 Å². The quantitative estimate of drug-likeness (QED) is 0.588. The van der Waals surface area contributed by atoms with E-state index in [0.717, 1.165) is 12.8 Å². The largest absolute Gasteiger partial charge is 0.573 e. The maximum atomic E-state index is 12.7. The Morgan fingerprint density at radius 3 is 2.69 bits per heavy atom. The number of ether oxygens (including phenoxy) is 2. The van der Waals surface area contributed by atoms with Crippen LogP contribution in [0.1, 0.15) is 28.8 Å². The SMILES string of the molecule is O=C(c1ccc(Cl)cc1Cl)N1CCC[C@@H](OCc2cccc(OC(F)(F)F)c2)C1. The fraction of sp³-hybridized carbons (Fsp3) is 0.350. The summed E-state index contributed by atoms with van der Waals surface area (Å²) in [6.45, 7) is 1.06. The van der Waals surface area contributed by atoms with Crippen molar-refractivity contribution in [3.63, 3.8) is 0 Å². The summed E-state index contributed by atoms with van der Waals surface area (Å²) in [5.41, 5.74) is 0.921. The van der Waals surface area contributed by atoms with Gasteiger partial charge in [-0.15, -0.1) is 13.2 Å². The molecule has 1 amide bonds. The Balaban J connectivity index is 1.59. The number of alkyl halides is 3. The maximum Gasteiger partial charge on any atom is 0.573 e. The lowest BCUT2D eigenvalue weighted by atomic mass is 10.1. The van der Waals surface area contributed by atoms with Gasteiger partial charge >= 0.3 is 6.36 Å². The molecule has 2 aromatic carbocycles. The minimum atomic E-state index is -4.74. The van der Waals surface area contributed by atoms with E-state index in [1.165, 1.54) is 24.3 Å². The fourth-order valence-corrected chi connectivity index (χ4v) is 3.63.